The zero-order valence-corrected chi connectivity index (χ0v) is 54.1. The number of fused-ring (bicyclic) bond motifs is 7. The van der Waals surface area contributed by atoms with Crippen molar-refractivity contribution in [2.75, 3.05) is 13.2 Å². The van der Waals surface area contributed by atoms with Crippen LogP contribution in [0, 0.1) is 59.2 Å². The second kappa shape index (κ2) is 25.6. The van der Waals surface area contributed by atoms with E-state index >= 15 is 0 Å². The van der Waals surface area contributed by atoms with Crippen molar-refractivity contribution in [3.05, 3.63) is 63.9 Å². The summed E-state index contributed by atoms with van der Waals surface area (Å²) in [4.78, 5) is 126. The third kappa shape index (κ3) is 13.0. The Morgan fingerprint density at radius 3 is 1.99 bits per heavy atom. The molecule has 8 bridgehead atoms. The molecule has 0 aliphatic carbocycles. The predicted octanol–water partition coefficient (Wildman–Crippen LogP) is 3.16. The molecule has 1 unspecified atom stereocenters. The Balaban J connectivity index is 1.19. The molecular weight excluding hydrogens is 1180 g/mol. The van der Waals surface area contributed by atoms with Crippen molar-refractivity contribution in [2.24, 2.45) is 94.7 Å². The molecule has 17 N–H and O–H groups in total. The first-order chi connectivity index (χ1) is 41.8. The molecule has 0 spiro atoms. The molecule has 15 atom stereocenters. The number of carbonyl (C=O) groups excluding carboxylic acids is 7. The average molecular weight is 1270 g/mol. The fourth-order valence-corrected chi connectivity index (χ4v) is 16.6. The highest BCUT2D eigenvalue weighted by Gasteiger charge is 2.66. The first-order valence-electron chi connectivity index (χ1n) is 30.6. The molecule has 2 aromatic rings. The Hall–Kier alpha value is -7.00. The van der Waals surface area contributed by atoms with E-state index in [1.807, 2.05) is 87.4 Å². The smallest absolute Gasteiger partial charge is 0.394 e. The third-order valence-corrected chi connectivity index (χ3v) is 21.7. The summed E-state index contributed by atoms with van der Waals surface area (Å²) < 4.78 is 32.3. The number of aryl methyl sites for hydroxylation is 2. The minimum atomic E-state index is -5.07. The number of hydrogen-bond donors (Lipinski definition) is 11. The molecule has 28 heteroatoms. The van der Waals surface area contributed by atoms with Crippen molar-refractivity contribution < 1.29 is 67.0 Å². The van der Waals surface area contributed by atoms with Gasteiger partial charge in [0.1, 0.15) is 18.3 Å². The summed E-state index contributed by atoms with van der Waals surface area (Å²) in [7, 11) is -5.07. The van der Waals surface area contributed by atoms with E-state index in [1.54, 1.807) is 4.57 Å². The molecule has 8 rings (SSSR count). The van der Waals surface area contributed by atoms with Gasteiger partial charge in [-0.15, -0.1) is 0 Å². The highest BCUT2D eigenvalue weighted by atomic mass is 31.2. The molecule has 6 aliphatic heterocycles. The molecule has 1 aromatic heterocycles. The lowest BCUT2D eigenvalue weighted by Gasteiger charge is -2.48. The first kappa shape index (κ1) is 68.9. The lowest BCUT2D eigenvalue weighted by atomic mass is 9.55. The Bertz CT molecular complexity index is 3540. The average Bonchev–Trinajstić information content (AvgIpc) is 1.53. The van der Waals surface area contributed by atoms with Crippen LogP contribution in [-0.2, 0) is 51.9 Å². The Kier molecular flexibility index (Phi) is 19.6. The Labute approximate surface area is 523 Å². The van der Waals surface area contributed by atoms with Gasteiger partial charge < -0.3 is 69.4 Å². The minimum absolute atomic E-state index is 0.0114. The second-order valence-corrected chi connectivity index (χ2v) is 28.4. The van der Waals surface area contributed by atoms with Crippen LogP contribution in [0.25, 0.3) is 11.0 Å². The summed E-state index contributed by atoms with van der Waals surface area (Å²) >= 11 is 0. The molecule has 27 nitrogen and oxygen atoms in total. The number of allylic oxidation sites excluding steroid dienone is 6. The van der Waals surface area contributed by atoms with Crippen molar-refractivity contribution in [1.82, 2.24) is 20.2 Å². The number of phosphoric acid groups is 1. The molecule has 0 saturated carbocycles. The van der Waals surface area contributed by atoms with E-state index in [0.29, 0.717) is 56.4 Å². The number of aliphatic imine (C=N–C) groups is 3. The molecule has 492 valence electrons. The number of nitrogens with one attached hydrogen (secondary N) is 2. The molecule has 1 aromatic carbocycles. The fourth-order valence-electron chi connectivity index (χ4n) is 15.4. The molecule has 0 radical (unpaired) electrons. The number of nitrogens with two attached hydrogens (primary N) is 6. The van der Waals surface area contributed by atoms with Gasteiger partial charge in [0, 0.05) is 131 Å². The second-order valence-electron chi connectivity index (χ2n) is 27.1. The van der Waals surface area contributed by atoms with Gasteiger partial charge in [0.2, 0.25) is 41.4 Å². The molecule has 6 aliphatic rings. The zero-order valence-electron chi connectivity index (χ0n) is 53.3. The molecule has 90 heavy (non-hydrogen) atoms. The van der Waals surface area contributed by atoms with Gasteiger partial charge in [-0.2, -0.15) is 0 Å². The van der Waals surface area contributed by atoms with E-state index in [9.17, 15) is 53.2 Å². The highest BCUT2D eigenvalue weighted by Crippen LogP contribution is 2.63. The van der Waals surface area contributed by atoms with Gasteiger partial charge in [-0.25, -0.2) is 9.55 Å². The van der Waals surface area contributed by atoms with E-state index in [0.717, 1.165) is 11.1 Å². The number of benzene rings is 1. The van der Waals surface area contributed by atoms with Crippen LogP contribution in [0.15, 0.2) is 67.8 Å². The standard InChI is InChI=1S/C62H90N13O14P/c1-29-20-39-40(21-30(29)2)75(28-70-39)57-52(84)53(41(27-76)87-57)89-90(85,86)88-31(3)26-69-49(83)18-19-59(8)37(22-46(66)80)56-62(11)61(10,25-48(68)82)36(14-17-45(65)79)51(74-62)33(5)55-60(9,24-47(67)81)34(12-15-43(63)77)38(71-55)23-42-58(6,7)35(13-16-44(64)78)50(72-42)32(4)54(59)73-56/h20-21,23,28,31,34-37,41,52-53,56-57,71,76,84H,12-19,22,24-27H2,1-11H3,(H2,63,77)(H2,64,78)(H2,65,79)(H2,66,80)(H2,67,81)(H2,68,82)(H,69,83)(H,85,86)/b38-23-,50-32-,55-33?/t31-,34-,35-,36-,37+,41-,52-,53-,56+,57+,59-,60+,61+,62+/m1/s1. The third-order valence-electron chi connectivity index (χ3n) is 20.6. The number of hydrogen-bond acceptors (Lipinski definition) is 18. The van der Waals surface area contributed by atoms with Gasteiger partial charge in [0.25, 0.3) is 0 Å². The molecule has 2 fully saturated rings. The van der Waals surface area contributed by atoms with Crippen molar-refractivity contribution in [3.8, 4) is 0 Å². The molecule has 7 amide bonds. The number of ether oxygens (including phenoxy) is 1. The van der Waals surface area contributed by atoms with E-state index in [1.165, 1.54) is 13.3 Å². The maximum absolute atomic E-state index is 14.4. The number of phosphoric ester groups is 1. The normalized spacial score (nSPS) is 33.4. The molecular formula is C62H90N13O14P. The summed E-state index contributed by atoms with van der Waals surface area (Å²) in [5.74, 6) is -7.18. The van der Waals surface area contributed by atoms with Crippen molar-refractivity contribution in [2.45, 2.75) is 189 Å². The van der Waals surface area contributed by atoms with Crippen molar-refractivity contribution in [3.63, 3.8) is 0 Å². The van der Waals surface area contributed by atoms with E-state index in [-0.39, 0.29) is 77.2 Å². The quantitative estimate of drug-likeness (QED) is 0.0603. The van der Waals surface area contributed by atoms with Crippen LogP contribution in [0.2, 0.25) is 0 Å². The van der Waals surface area contributed by atoms with Gasteiger partial charge >= 0.3 is 7.82 Å². The largest absolute Gasteiger partial charge is 0.472 e. The lowest BCUT2D eigenvalue weighted by Crippen LogP contribution is -2.56. The fraction of sp³-hybridized carbons (Fsp3) is 0.629. The number of aliphatic hydroxyl groups is 2. The number of carbonyl (C=O) groups is 7. The van der Waals surface area contributed by atoms with Crippen LogP contribution in [0.4, 0.5) is 0 Å². The summed E-state index contributed by atoms with van der Waals surface area (Å²) in [6.45, 7) is 19.3. The number of aliphatic hydroxyl groups excluding tert-OH is 2. The molecule has 7 heterocycles. The van der Waals surface area contributed by atoms with Crippen molar-refractivity contribution in [1.29, 1.82) is 0 Å². The van der Waals surface area contributed by atoms with E-state index < -0.39 is 143 Å². The number of primary amides is 6. The number of imidazole rings is 1. The number of amides is 7. The molecule has 2 saturated heterocycles. The topological polar surface area (TPSA) is 460 Å². The first-order valence-corrected chi connectivity index (χ1v) is 32.1. The maximum atomic E-state index is 14.4. The number of nitrogens with zero attached hydrogens (tertiary/aromatic N) is 5. The van der Waals surface area contributed by atoms with Gasteiger partial charge in [-0.05, 0) is 108 Å². The van der Waals surface area contributed by atoms with Crippen LogP contribution >= 0.6 is 7.82 Å². The van der Waals surface area contributed by atoms with E-state index in [4.69, 9.17) is 63.2 Å². The number of rotatable bonds is 26. The monoisotopic (exact) mass is 1270 g/mol. The van der Waals surface area contributed by atoms with Gasteiger partial charge in [0.15, 0.2) is 6.23 Å². The predicted molar refractivity (Wildman–Crippen MR) is 334 cm³/mol. The summed E-state index contributed by atoms with van der Waals surface area (Å²) in [5.41, 5.74) is 37.4. The van der Waals surface area contributed by atoms with Crippen LogP contribution < -0.4 is 45.0 Å². The lowest BCUT2D eigenvalue weighted by molar-refractivity contribution is -0.124. The summed E-state index contributed by atoms with van der Waals surface area (Å²) in [5, 5.41) is 28.2. The summed E-state index contributed by atoms with van der Waals surface area (Å²) in [6, 6.07) is 2.70. The highest BCUT2D eigenvalue weighted by molar-refractivity contribution is 7.47. The maximum Gasteiger partial charge on any atom is 0.472 e. The SMILES string of the molecule is CC1=C2N/C(=C\C3=NC(=C(/C)C4=N[C@@H]([C@H](CC(N)=O)[C@@]4(C)CCC(=O)NC[C@@H](C)OP(=O)(O)O[C@H]4[C@@H](O)[C@@H](n5cnc6cc(C)c(C)cc65)O[C@@H]4CO)[C@]4(C)N=C1[C@@H](CCC(N)=O)[C@]4(C)CC(N)=O)/[C@@H](CCC(N)=O)C3(C)C)[C@@H](CCC(N)=O)[C@]2(C)CC(N)=O. The Morgan fingerprint density at radius 2 is 1.40 bits per heavy atom. The van der Waals surface area contributed by atoms with Gasteiger partial charge in [-0.3, -0.25) is 57.6 Å². The van der Waals surface area contributed by atoms with E-state index in [2.05, 4.69) is 15.6 Å². The van der Waals surface area contributed by atoms with Gasteiger partial charge in [0.05, 0.1) is 41.7 Å². The van der Waals surface area contributed by atoms with Gasteiger partial charge in [-0.1, -0.05) is 34.6 Å². The van der Waals surface area contributed by atoms with Crippen LogP contribution in [0.5, 0.6) is 0 Å². The van der Waals surface area contributed by atoms with Crippen molar-refractivity contribution >= 4 is 77.3 Å². The van der Waals surface area contributed by atoms with Crippen LogP contribution in [0.3, 0.4) is 0 Å². The van der Waals surface area contributed by atoms with Crippen LogP contribution in [-0.4, -0.2) is 132 Å². The Morgan fingerprint density at radius 1 is 0.800 bits per heavy atom. The summed E-state index contributed by atoms with van der Waals surface area (Å²) in [6.07, 6.45) is -4.26. The zero-order chi connectivity index (χ0) is 66.7. The van der Waals surface area contributed by atoms with Crippen LogP contribution in [0.1, 0.15) is 150 Å². The number of aromatic nitrogens is 2. The minimum Gasteiger partial charge on any atom is -0.394 e.